The molecule has 3 atom stereocenters. The number of aliphatic hydroxyl groups is 1. The van der Waals surface area contributed by atoms with E-state index < -0.39 is 42.5 Å². The van der Waals surface area contributed by atoms with Gasteiger partial charge in [0.2, 0.25) is 5.91 Å². The minimum atomic E-state index is -1.67. The van der Waals surface area contributed by atoms with Crippen LogP contribution in [0.1, 0.15) is 30.7 Å². The second kappa shape index (κ2) is 8.09. The van der Waals surface area contributed by atoms with Crippen molar-refractivity contribution in [3.8, 4) is 0 Å². The molecule has 7 heteroatoms. The van der Waals surface area contributed by atoms with Crippen LogP contribution in [0.5, 0.6) is 0 Å². The number of carbonyl (C=O) groups excluding carboxylic acids is 2. The predicted octanol–water partition coefficient (Wildman–Crippen LogP) is 3.25. The monoisotopic (exact) mass is 370 g/mol. The summed E-state index contributed by atoms with van der Waals surface area (Å²) in [6, 6.07) is 13.4. The van der Waals surface area contributed by atoms with Crippen LogP contribution in [-0.2, 0) is 9.53 Å². The lowest BCUT2D eigenvalue weighted by Crippen LogP contribution is -2.39. The molecule has 1 aromatic heterocycles. The average molecular weight is 370 g/mol. The summed E-state index contributed by atoms with van der Waals surface area (Å²) in [4.78, 5) is 29.5. The maximum absolute atomic E-state index is 14.1. The summed E-state index contributed by atoms with van der Waals surface area (Å²) in [7, 11) is 0. The average Bonchev–Trinajstić information content (AvgIpc) is 2.97. The number of halogens is 1. The predicted molar refractivity (Wildman–Crippen MR) is 95.9 cm³/mol. The van der Waals surface area contributed by atoms with Crippen molar-refractivity contribution < 1.29 is 23.8 Å². The first-order chi connectivity index (χ1) is 13.0. The van der Waals surface area contributed by atoms with E-state index in [1.807, 2.05) is 18.2 Å². The molecule has 2 aromatic rings. The molecule has 1 aromatic carbocycles. The molecule has 3 rings (SSSR count). The van der Waals surface area contributed by atoms with Crippen molar-refractivity contribution in [2.24, 2.45) is 0 Å². The van der Waals surface area contributed by atoms with Crippen molar-refractivity contribution in [2.75, 3.05) is 0 Å². The summed E-state index contributed by atoms with van der Waals surface area (Å²) in [6.07, 6.45) is -1.11. The van der Waals surface area contributed by atoms with Gasteiger partial charge in [0.1, 0.15) is 18.0 Å². The summed E-state index contributed by atoms with van der Waals surface area (Å²) in [5.74, 6) is -1.61. The van der Waals surface area contributed by atoms with Gasteiger partial charge < -0.3 is 9.84 Å². The van der Waals surface area contributed by atoms with Crippen LogP contribution in [0, 0.1) is 0 Å². The number of hydrogen-bond donors (Lipinski definition) is 1. The third-order valence-electron chi connectivity index (χ3n) is 4.33. The number of aromatic nitrogens is 1. The first-order valence-corrected chi connectivity index (χ1v) is 8.51. The highest BCUT2D eigenvalue weighted by molar-refractivity contribution is 5.94. The van der Waals surface area contributed by atoms with Crippen LogP contribution < -0.4 is 0 Å². The molecule has 0 radical (unpaired) electrons. The van der Waals surface area contributed by atoms with Crippen LogP contribution in [0.2, 0.25) is 0 Å². The largest absolute Gasteiger partial charge is 0.439 e. The van der Waals surface area contributed by atoms with Gasteiger partial charge in [0.05, 0.1) is 18.2 Å². The van der Waals surface area contributed by atoms with E-state index in [2.05, 4.69) is 4.98 Å². The minimum Gasteiger partial charge on any atom is -0.439 e. The number of hydrogen-bond acceptors (Lipinski definition) is 5. The summed E-state index contributed by atoms with van der Waals surface area (Å²) >= 11 is 0. The number of ether oxygens (including phenoxy) is 1. The molecule has 27 heavy (non-hydrogen) atoms. The molecule has 1 N–H and O–H groups in total. The Kier molecular flexibility index (Phi) is 5.61. The van der Waals surface area contributed by atoms with Gasteiger partial charge in [0.25, 0.3) is 0 Å². The Hall–Kier alpha value is -3.06. The molecule has 2 heterocycles. The van der Waals surface area contributed by atoms with Crippen LogP contribution in [0.15, 0.2) is 60.6 Å². The number of cyclic esters (lactones) is 1. The molecule has 0 aliphatic carbocycles. The fourth-order valence-corrected chi connectivity index (χ4v) is 2.94. The highest BCUT2D eigenvalue weighted by Crippen LogP contribution is 2.33. The summed E-state index contributed by atoms with van der Waals surface area (Å²) < 4.78 is 19.4. The van der Waals surface area contributed by atoms with Crippen molar-refractivity contribution in [3.63, 3.8) is 0 Å². The number of benzene rings is 1. The van der Waals surface area contributed by atoms with Crippen LogP contribution in [-0.4, -0.2) is 39.1 Å². The zero-order valence-electron chi connectivity index (χ0n) is 14.7. The highest BCUT2D eigenvalue weighted by atomic mass is 19.1. The van der Waals surface area contributed by atoms with Gasteiger partial charge in [0, 0.05) is 6.20 Å². The minimum absolute atomic E-state index is 0.319. The third-order valence-corrected chi connectivity index (χ3v) is 4.33. The molecule has 0 bridgehead atoms. The molecule has 0 saturated carbocycles. The molecule has 6 nitrogen and oxygen atoms in total. The zero-order chi connectivity index (χ0) is 19.4. The summed E-state index contributed by atoms with van der Waals surface area (Å²) in [5.41, 5.74) is 1.08. The SMILES string of the molecule is C[C@H]1[C@@H](c2ccccc2)OC(=O)N1C(=O)C[C@H](O)/C(F)=C\c1ccccn1. The smallest absolute Gasteiger partial charge is 0.417 e. The van der Waals surface area contributed by atoms with E-state index in [9.17, 15) is 19.1 Å². The van der Waals surface area contributed by atoms with Crippen molar-refractivity contribution in [1.29, 1.82) is 0 Å². The van der Waals surface area contributed by atoms with Gasteiger partial charge >= 0.3 is 6.09 Å². The number of pyridine rings is 1. The Morgan fingerprint density at radius 2 is 2.00 bits per heavy atom. The lowest BCUT2D eigenvalue weighted by molar-refractivity contribution is -0.130. The summed E-state index contributed by atoms with van der Waals surface area (Å²) in [6.45, 7) is 1.67. The van der Waals surface area contributed by atoms with Gasteiger partial charge in [-0.15, -0.1) is 0 Å². The van der Waals surface area contributed by atoms with Gasteiger partial charge in [-0.25, -0.2) is 14.1 Å². The van der Waals surface area contributed by atoms with E-state index >= 15 is 0 Å². The van der Waals surface area contributed by atoms with Crippen molar-refractivity contribution in [1.82, 2.24) is 9.88 Å². The number of amides is 2. The lowest BCUT2D eigenvalue weighted by atomic mass is 10.0. The van der Waals surface area contributed by atoms with E-state index in [4.69, 9.17) is 4.74 Å². The number of carbonyl (C=O) groups is 2. The van der Waals surface area contributed by atoms with Gasteiger partial charge in [-0.05, 0) is 30.7 Å². The molecule has 1 aliphatic rings. The topological polar surface area (TPSA) is 79.7 Å². The van der Waals surface area contributed by atoms with Crippen LogP contribution in [0.4, 0.5) is 9.18 Å². The third kappa shape index (κ3) is 4.20. The lowest BCUT2D eigenvalue weighted by Gasteiger charge is -2.20. The molecular weight excluding hydrogens is 351 g/mol. The quantitative estimate of drug-likeness (QED) is 0.874. The molecule has 1 aliphatic heterocycles. The Labute approximate surface area is 155 Å². The Morgan fingerprint density at radius 1 is 1.30 bits per heavy atom. The second-order valence-electron chi connectivity index (χ2n) is 6.22. The normalized spacial score (nSPS) is 21.1. The summed E-state index contributed by atoms with van der Waals surface area (Å²) in [5, 5.41) is 9.99. The van der Waals surface area contributed by atoms with Crippen molar-refractivity contribution in [2.45, 2.75) is 31.6 Å². The van der Waals surface area contributed by atoms with E-state index in [0.29, 0.717) is 5.69 Å². The van der Waals surface area contributed by atoms with Gasteiger partial charge in [-0.1, -0.05) is 36.4 Å². The van der Waals surface area contributed by atoms with Crippen LogP contribution >= 0.6 is 0 Å². The van der Waals surface area contributed by atoms with Gasteiger partial charge in [-0.3, -0.25) is 9.78 Å². The fourth-order valence-electron chi connectivity index (χ4n) is 2.94. The molecule has 0 spiro atoms. The number of rotatable bonds is 5. The Bertz CT molecular complexity index is 842. The molecule has 0 unspecified atom stereocenters. The Morgan fingerprint density at radius 3 is 2.67 bits per heavy atom. The fraction of sp³-hybridized carbons (Fsp3) is 0.250. The molecule has 1 fully saturated rings. The number of aliphatic hydroxyl groups excluding tert-OH is 1. The van der Waals surface area contributed by atoms with E-state index in [1.165, 1.54) is 6.20 Å². The van der Waals surface area contributed by atoms with Crippen LogP contribution in [0.25, 0.3) is 6.08 Å². The van der Waals surface area contributed by atoms with Gasteiger partial charge in [0.15, 0.2) is 0 Å². The maximum Gasteiger partial charge on any atom is 0.417 e. The Balaban J connectivity index is 1.68. The molecule has 1 saturated heterocycles. The van der Waals surface area contributed by atoms with Crippen molar-refractivity contribution >= 4 is 18.1 Å². The zero-order valence-corrected chi connectivity index (χ0v) is 14.7. The van der Waals surface area contributed by atoms with E-state index in [0.717, 1.165) is 16.5 Å². The van der Waals surface area contributed by atoms with Crippen molar-refractivity contribution in [3.05, 3.63) is 71.8 Å². The number of nitrogens with zero attached hydrogens (tertiary/aromatic N) is 2. The number of imide groups is 1. The maximum atomic E-state index is 14.1. The van der Waals surface area contributed by atoms with Crippen LogP contribution in [0.3, 0.4) is 0 Å². The van der Waals surface area contributed by atoms with Gasteiger partial charge in [-0.2, -0.15) is 0 Å². The second-order valence-corrected chi connectivity index (χ2v) is 6.22. The molecular formula is C20H19FN2O4. The molecule has 140 valence electrons. The first kappa shape index (κ1) is 18.7. The van der Waals surface area contributed by atoms with E-state index in [1.54, 1.807) is 37.3 Å². The molecule has 2 amide bonds. The standard InChI is InChI=1S/C20H19FN2O4/c1-13-19(14-7-3-2-4-8-14)27-20(26)23(13)18(25)12-17(24)16(21)11-15-9-5-6-10-22-15/h2-11,13,17,19,24H,12H2,1H3/b16-11+/t13-,17-,19-/m0/s1. The van der Waals surface area contributed by atoms with E-state index in [-0.39, 0.29) is 0 Å². The highest BCUT2D eigenvalue weighted by Gasteiger charge is 2.43. The first-order valence-electron chi connectivity index (χ1n) is 8.51.